The fraction of sp³-hybridized carbons (Fsp3) is 0.571. The van der Waals surface area contributed by atoms with Crippen LogP contribution in [0.1, 0.15) is 105 Å². The van der Waals surface area contributed by atoms with Gasteiger partial charge in [0.15, 0.2) is 0 Å². The number of hydrogen-bond acceptors (Lipinski definition) is 3. The Hall–Kier alpha value is -1.41. The normalized spacial score (nSPS) is 13.0. The summed E-state index contributed by atoms with van der Waals surface area (Å²) in [6.07, 6.45) is 0. The van der Waals surface area contributed by atoms with E-state index in [0.717, 1.165) is 5.56 Å². The molecule has 0 aromatic heterocycles. The molecule has 0 aliphatic rings. The van der Waals surface area contributed by atoms with E-state index in [1.54, 1.807) is 6.07 Å². The Morgan fingerprint density at radius 3 is 1.38 bits per heavy atom. The predicted octanol–water partition coefficient (Wildman–Crippen LogP) is 8.15. The smallest absolute Gasteiger partial charge is 0.391 e. The minimum absolute atomic E-state index is 0.0182. The summed E-state index contributed by atoms with van der Waals surface area (Å²) in [6.45, 7) is 26.3. The molecule has 0 saturated carbocycles. The zero-order chi connectivity index (χ0) is 25.1. The van der Waals surface area contributed by atoms with Crippen LogP contribution in [0.25, 0.3) is 0 Å². The van der Waals surface area contributed by atoms with Gasteiger partial charge in [-0.1, -0.05) is 119 Å². The van der Waals surface area contributed by atoms with Gasteiger partial charge >= 0.3 is 8.60 Å². The highest BCUT2D eigenvalue weighted by molar-refractivity contribution is 7.39. The van der Waals surface area contributed by atoms with Crippen molar-refractivity contribution in [2.75, 3.05) is 0 Å². The molecule has 2 rings (SSSR count). The van der Waals surface area contributed by atoms with Gasteiger partial charge in [0, 0.05) is 5.56 Å². The van der Waals surface area contributed by atoms with Gasteiger partial charge in [-0.15, -0.1) is 0 Å². The molecule has 0 saturated heterocycles. The zero-order valence-electron chi connectivity index (χ0n) is 22.3. The first-order valence-electron chi connectivity index (χ1n) is 11.4. The molecule has 0 spiro atoms. The fourth-order valence-corrected chi connectivity index (χ4v) is 3.87. The van der Waals surface area contributed by atoms with Gasteiger partial charge in [0.05, 0.1) is 0 Å². The highest BCUT2D eigenvalue weighted by atomic mass is 31.2. The van der Waals surface area contributed by atoms with E-state index in [-0.39, 0.29) is 21.7 Å². The van der Waals surface area contributed by atoms with Gasteiger partial charge < -0.3 is 14.3 Å². The molecule has 2 N–H and O–H groups in total. The lowest BCUT2D eigenvalue weighted by Crippen LogP contribution is -2.22. The van der Waals surface area contributed by atoms with Crippen LogP contribution in [0.3, 0.4) is 0 Å². The summed E-state index contributed by atoms with van der Waals surface area (Å²) in [5.41, 5.74) is 5.41. The molecule has 0 radical (unpaired) electrons. The molecule has 2 aromatic rings. The Bertz CT molecular complexity index is 844. The molecule has 3 nitrogen and oxygen atoms in total. The first-order valence-corrected chi connectivity index (χ1v) is 12.5. The molecule has 0 aliphatic heterocycles. The molecule has 32 heavy (non-hydrogen) atoms. The zero-order valence-corrected chi connectivity index (χ0v) is 23.2. The van der Waals surface area contributed by atoms with Gasteiger partial charge in [0.25, 0.3) is 0 Å². The highest BCUT2D eigenvalue weighted by Gasteiger charge is 2.29. The summed E-state index contributed by atoms with van der Waals surface area (Å²) in [6, 6.07) is 14.7. The molecule has 2 aromatic carbocycles. The molecule has 180 valence electrons. The maximum absolute atomic E-state index is 9.09. The lowest BCUT2D eigenvalue weighted by molar-refractivity contribution is 0.368. The van der Waals surface area contributed by atoms with Crippen LogP contribution in [-0.4, -0.2) is 9.79 Å². The van der Waals surface area contributed by atoms with Crippen molar-refractivity contribution in [3.05, 3.63) is 64.7 Å². The van der Waals surface area contributed by atoms with Crippen LogP contribution >= 0.6 is 8.60 Å². The number of rotatable bonds is 2. The number of hydrogen-bond donors (Lipinski definition) is 2. The highest BCUT2D eigenvalue weighted by Crippen LogP contribution is 2.43. The molecule has 0 amide bonds. The van der Waals surface area contributed by atoms with E-state index >= 15 is 0 Å². The second-order valence-corrected chi connectivity index (χ2v) is 13.3. The number of benzene rings is 2. The first kappa shape index (κ1) is 28.6. The maximum Gasteiger partial charge on any atom is 0.391 e. The standard InChI is InChI=1S/C14H23O3P.C14H22/c1-13(2,3)10-8-7-9-11(17-18(15)16)12(10)14(4,5)6;1-13(2,3)11-8-7-9-12(10-11)14(4,5)6/h7-9,15-16H,1-6H3;7-10H,1-6H3. The van der Waals surface area contributed by atoms with Crippen LogP contribution in [0, 0.1) is 0 Å². The van der Waals surface area contributed by atoms with Crippen LogP contribution < -0.4 is 4.52 Å². The quantitative estimate of drug-likeness (QED) is 0.445. The van der Waals surface area contributed by atoms with Crippen molar-refractivity contribution in [3.63, 3.8) is 0 Å². The van der Waals surface area contributed by atoms with Crippen molar-refractivity contribution in [1.29, 1.82) is 0 Å². The van der Waals surface area contributed by atoms with Crippen LogP contribution in [0.2, 0.25) is 0 Å². The minimum atomic E-state index is -2.39. The van der Waals surface area contributed by atoms with Crippen molar-refractivity contribution < 1.29 is 14.3 Å². The summed E-state index contributed by atoms with van der Waals surface area (Å²) in [5, 5.41) is 0. The Morgan fingerprint density at radius 2 is 1.03 bits per heavy atom. The summed E-state index contributed by atoms with van der Waals surface area (Å²) in [5.74, 6) is 0.561. The fourth-order valence-electron chi connectivity index (χ4n) is 3.55. The van der Waals surface area contributed by atoms with E-state index in [0.29, 0.717) is 5.75 Å². The third kappa shape index (κ3) is 8.50. The van der Waals surface area contributed by atoms with Gasteiger partial charge in [-0.25, -0.2) is 0 Å². The van der Waals surface area contributed by atoms with E-state index in [4.69, 9.17) is 14.3 Å². The molecular weight excluding hydrogens is 415 g/mol. The van der Waals surface area contributed by atoms with E-state index < -0.39 is 8.60 Å². The molecular formula is C28H45O3P. The molecule has 0 bridgehead atoms. The summed E-state index contributed by atoms with van der Waals surface area (Å²) in [7, 11) is -2.39. The van der Waals surface area contributed by atoms with Crippen LogP contribution in [-0.2, 0) is 21.7 Å². The predicted molar refractivity (Wildman–Crippen MR) is 140 cm³/mol. The molecule has 0 atom stereocenters. The Balaban J connectivity index is 0.000000330. The van der Waals surface area contributed by atoms with E-state index in [1.807, 2.05) is 6.07 Å². The summed E-state index contributed by atoms with van der Waals surface area (Å²) < 4.78 is 5.18. The lowest BCUT2D eigenvalue weighted by atomic mass is 9.75. The van der Waals surface area contributed by atoms with Crippen molar-refractivity contribution in [2.24, 2.45) is 0 Å². The SMILES string of the molecule is CC(C)(C)c1cccc(C(C)(C)C)c1.CC(C)(C)c1cccc(OP(O)O)c1C(C)(C)C. The second kappa shape index (κ2) is 10.2. The topological polar surface area (TPSA) is 49.7 Å². The maximum atomic E-state index is 9.09. The van der Waals surface area contributed by atoms with Crippen molar-refractivity contribution in [3.8, 4) is 5.75 Å². The van der Waals surface area contributed by atoms with Gasteiger partial charge in [-0.2, -0.15) is 0 Å². The van der Waals surface area contributed by atoms with E-state index in [1.165, 1.54) is 16.7 Å². The van der Waals surface area contributed by atoms with Crippen LogP contribution in [0.15, 0.2) is 42.5 Å². The van der Waals surface area contributed by atoms with Crippen molar-refractivity contribution in [2.45, 2.75) is 105 Å². The Morgan fingerprint density at radius 1 is 0.594 bits per heavy atom. The monoisotopic (exact) mass is 460 g/mol. The molecule has 0 heterocycles. The van der Waals surface area contributed by atoms with Crippen molar-refractivity contribution in [1.82, 2.24) is 0 Å². The average molecular weight is 461 g/mol. The molecule has 0 fully saturated rings. The first-order chi connectivity index (χ1) is 14.2. The average Bonchev–Trinajstić information content (AvgIpc) is 2.58. The summed E-state index contributed by atoms with van der Waals surface area (Å²) >= 11 is 0. The van der Waals surface area contributed by atoms with E-state index in [2.05, 4.69) is 113 Å². The molecule has 0 aliphatic carbocycles. The van der Waals surface area contributed by atoms with Gasteiger partial charge in [0.2, 0.25) is 0 Å². The molecule has 0 unspecified atom stereocenters. The second-order valence-electron chi connectivity index (χ2n) is 12.6. The van der Waals surface area contributed by atoms with Gasteiger partial charge in [-0.05, 0) is 44.4 Å². The van der Waals surface area contributed by atoms with Crippen LogP contribution in [0.5, 0.6) is 5.75 Å². The largest absolute Gasteiger partial charge is 0.427 e. The van der Waals surface area contributed by atoms with Crippen molar-refractivity contribution >= 4 is 8.60 Å². The third-order valence-corrected chi connectivity index (χ3v) is 5.72. The Labute approximate surface area is 198 Å². The van der Waals surface area contributed by atoms with Gasteiger partial charge in [-0.3, -0.25) is 0 Å². The minimum Gasteiger partial charge on any atom is -0.427 e. The molecule has 4 heteroatoms. The van der Waals surface area contributed by atoms with Gasteiger partial charge in [0.1, 0.15) is 5.75 Å². The lowest BCUT2D eigenvalue weighted by Gasteiger charge is -2.31. The van der Waals surface area contributed by atoms with E-state index in [9.17, 15) is 0 Å². The third-order valence-electron chi connectivity index (χ3n) is 5.36. The Kier molecular flexibility index (Phi) is 9.16. The van der Waals surface area contributed by atoms with Crippen LogP contribution in [0.4, 0.5) is 0 Å². The summed E-state index contributed by atoms with van der Waals surface area (Å²) in [4.78, 5) is 18.2.